The topological polar surface area (TPSA) is 52.4 Å². The zero-order valence-corrected chi connectivity index (χ0v) is 9.24. The van der Waals surface area contributed by atoms with Crippen LogP contribution >= 0.6 is 11.6 Å². The number of non-ortho nitro benzene ring substituents is 1. The van der Waals surface area contributed by atoms with Gasteiger partial charge >= 0.3 is 0 Å². The summed E-state index contributed by atoms with van der Waals surface area (Å²) in [7, 11) is 0. The third-order valence-corrected chi connectivity index (χ3v) is 2.22. The average Bonchev–Trinajstić information content (AvgIpc) is 2.29. The quantitative estimate of drug-likeness (QED) is 0.336. The van der Waals surface area contributed by atoms with Crippen molar-refractivity contribution in [2.75, 3.05) is 13.3 Å². The Kier molecular flexibility index (Phi) is 4.98. The van der Waals surface area contributed by atoms with E-state index in [1.54, 1.807) is 0 Å². The minimum absolute atomic E-state index is 0.0338. The van der Waals surface area contributed by atoms with E-state index < -0.39 is 11.6 Å². The average molecular weight is 248 g/mol. The summed E-state index contributed by atoms with van der Waals surface area (Å²) in [6.45, 7) is -0.221. The Morgan fingerprint density at radius 1 is 1.50 bits per heavy atom. The van der Waals surface area contributed by atoms with Gasteiger partial charge in [0.15, 0.2) is 0 Å². The fourth-order valence-electron chi connectivity index (χ4n) is 1.16. The van der Waals surface area contributed by atoms with E-state index in [-0.39, 0.29) is 18.2 Å². The third kappa shape index (κ3) is 3.34. The first-order chi connectivity index (χ1) is 7.69. The van der Waals surface area contributed by atoms with E-state index in [1.807, 2.05) is 0 Å². The molecule has 0 aliphatic heterocycles. The van der Waals surface area contributed by atoms with Crippen molar-refractivity contribution >= 4 is 17.3 Å². The molecule has 0 saturated carbocycles. The summed E-state index contributed by atoms with van der Waals surface area (Å²) in [5, 5.41) is 10.5. The molecule has 1 aromatic carbocycles. The Morgan fingerprint density at radius 2 is 2.25 bits per heavy atom. The van der Waals surface area contributed by atoms with Crippen LogP contribution in [0, 0.1) is 10.1 Å². The molecule has 0 fully saturated rings. The number of hydrogen-bond acceptors (Lipinski definition) is 3. The number of halogens is 2. The van der Waals surface area contributed by atoms with Gasteiger partial charge in [0.2, 0.25) is 0 Å². The van der Waals surface area contributed by atoms with Crippen molar-refractivity contribution in [1.82, 2.24) is 0 Å². The van der Waals surface area contributed by atoms with E-state index in [0.717, 1.165) is 0 Å². The molecule has 0 radical (unpaired) electrons. The van der Waals surface area contributed by atoms with E-state index >= 15 is 0 Å². The molecule has 16 heavy (non-hydrogen) atoms. The summed E-state index contributed by atoms with van der Waals surface area (Å²) in [4.78, 5) is 10.0. The number of rotatable bonds is 6. The molecule has 0 heterocycles. The van der Waals surface area contributed by atoms with Crippen LogP contribution in [0.5, 0.6) is 5.75 Å². The Bertz CT molecular complexity index is 373. The second-order valence-electron chi connectivity index (χ2n) is 3.07. The number of nitro benzene ring substituents is 1. The van der Waals surface area contributed by atoms with E-state index in [2.05, 4.69) is 0 Å². The summed E-state index contributed by atoms with van der Waals surface area (Å²) >= 11 is 5.64. The second kappa shape index (κ2) is 6.27. The summed E-state index contributed by atoms with van der Waals surface area (Å²) in [6, 6.07) is 4.17. The maximum Gasteiger partial charge on any atom is 0.270 e. The van der Waals surface area contributed by atoms with Crippen LogP contribution in [-0.2, 0) is 5.88 Å². The molecule has 0 saturated heterocycles. The van der Waals surface area contributed by atoms with Crippen LogP contribution in [0.15, 0.2) is 18.2 Å². The van der Waals surface area contributed by atoms with E-state index in [9.17, 15) is 14.5 Å². The summed E-state index contributed by atoms with van der Waals surface area (Å²) in [5.41, 5.74) is 0.503. The lowest BCUT2D eigenvalue weighted by Gasteiger charge is -2.08. The Labute approximate surface area is 97.1 Å². The van der Waals surface area contributed by atoms with Gasteiger partial charge in [0.25, 0.3) is 5.69 Å². The SMILES string of the molecule is O=[N+]([O-])c1ccc(OCCCF)c(CCl)c1. The highest BCUT2D eigenvalue weighted by Gasteiger charge is 2.10. The molecule has 0 unspecified atom stereocenters. The van der Waals surface area contributed by atoms with Gasteiger partial charge in [0, 0.05) is 24.1 Å². The standard InChI is InChI=1S/C10H11ClFNO3/c11-7-8-6-9(13(14)15)2-3-10(8)16-5-1-4-12/h2-3,6H,1,4-5,7H2. The molecule has 0 aliphatic rings. The minimum Gasteiger partial charge on any atom is -0.493 e. The molecule has 6 heteroatoms. The fourth-order valence-corrected chi connectivity index (χ4v) is 1.37. The molecule has 0 spiro atoms. The number of alkyl halides is 2. The van der Waals surface area contributed by atoms with Crippen LogP contribution < -0.4 is 4.74 Å². The van der Waals surface area contributed by atoms with Crippen molar-refractivity contribution in [3.63, 3.8) is 0 Å². The highest BCUT2D eigenvalue weighted by Crippen LogP contribution is 2.25. The van der Waals surface area contributed by atoms with Gasteiger partial charge in [0.1, 0.15) is 5.75 Å². The smallest absolute Gasteiger partial charge is 0.270 e. The predicted molar refractivity (Wildman–Crippen MR) is 58.7 cm³/mol. The maximum atomic E-state index is 11.9. The van der Waals surface area contributed by atoms with Crippen molar-refractivity contribution in [1.29, 1.82) is 0 Å². The molecule has 0 atom stereocenters. The monoisotopic (exact) mass is 247 g/mol. The molecule has 0 aromatic heterocycles. The number of hydrogen-bond donors (Lipinski definition) is 0. The summed E-state index contributed by atoms with van der Waals surface area (Å²) in [6.07, 6.45) is 0.290. The lowest BCUT2D eigenvalue weighted by atomic mass is 10.2. The number of nitro groups is 1. The summed E-state index contributed by atoms with van der Waals surface area (Å²) in [5.74, 6) is 0.584. The van der Waals surface area contributed by atoms with Crippen molar-refractivity contribution in [2.24, 2.45) is 0 Å². The van der Waals surface area contributed by atoms with E-state index in [4.69, 9.17) is 16.3 Å². The van der Waals surface area contributed by atoms with Gasteiger partial charge in [-0.25, -0.2) is 0 Å². The van der Waals surface area contributed by atoms with Crippen LogP contribution in [0.4, 0.5) is 10.1 Å². The van der Waals surface area contributed by atoms with Crippen molar-refractivity contribution in [3.8, 4) is 5.75 Å². The van der Waals surface area contributed by atoms with Crippen LogP contribution in [0.3, 0.4) is 0 Å². The molecule has 1 rings (SSSR count). The predicted octanol–water partition coefficient (Wildman–Crippen LogP) is 3.07. The second-order valence-corrected chi connectivity index (χ2v) is 3.34. The molecule has 0 aliphatic carbocycles. The lowest BCUT2D eigenvalue weighted by molar-refractivity contribution is -0.384. The van der Waals surface area contributed by atoms with Crippen LogP contribution in [-0.4, -0.2) is 18.2 Å². The van der Waals surface area contributed by atoms with Gasteiger partial charge in [-0.3, -0.25) is 14.5 Å². The Hall–Kier alpha value is -1.36. The lowest BCUT2D eigenvalue weighted by Crippen LogP contribution is -2.01. The molecule has 0 bridgehead atoms. The first-order valence-electron chi connectivity index (χ1n) is 4.71. The molecule has 0 N–H and O–H groups in total. The molecule has 0 amide bonds. The normalized spacial score (nSPS) is 10.1. The van der Waals surface area contributed by atoms with E-state index in [0.29, 0.717) is 17.7 Å². The molecule has 1 aromatic rings. The number of ether oxygens (including phenoxy) is 1. The number of nitrogens with zero attached hydrogens (tertiary/aromatic N) is 1. The minimum atomic E-state index is -0.499. The highest BCUT2D eigenvalue weighted by molar-refractivity contribution is 6.17. The van der Waals surface area contributed by atoms with Gasteiger partial charge in [-0.05, 0) is 6.07 Å². The van der Waals surface area contributed by atoms with Gasteiger partial charge in [0.05, 0.1) is 24.1 Å². The van der Waals surface area contributed by atoms with Crippen LogP contribution in [0.1, 0.15) is 12.0 Å². The molecular formula is C10H11ClFNO3. The van der Waals surface area contributed by atoms with E-state index in [1.165, 1.54) is 18.2 Å². The van der Waals surface area contributed by atoms with Crippen molar-refractivity contribution < 1.29 is 14.1 Å². The first kappa shape index (κ1) is 12.7. The molecule has 88 valence electrons. The van der Waals surface area contributed by atoms with Crippen molar-refractivity contribution in [3.05, 3.63) is 33.9 Å². The zero-order valence-electron chi connectivity index (χ0n) is 8.49. The van der Waals surface area contributed by atoms with Gasteiger partial charge in [-0.15, -0.1) is 11.6 Å². The van der Waals surface area contributed by atoms with Crippen LogP contribution in [0.2, 0.25) is 0 Å². The van der Waals surface area contributed by atoms with Crippen LogP contribution in [0.25, 0.3) is 0 Å². The first-order valence-corrected chi connectivity index (χ1v) is 5.24. The fraction of sp³-hybridized carbons (Fsp3) is 0.400. The number of benzene rings is 1. The van der Waals surface area contributed by atoms with Gasteiger partial charge in [-0.2, -0.15) is 0 Å². The summed E-state index contributed by atoms with van der Waals surface area (Å²) < 4.78 is 17.1. The highest BCUT2D eigenvalue weighted by atomic mass is 35.5. The third-order valence-electron chi connectivity index (χ3n) is 1.93. The Balaban J connectivity index is 2.80. The zero-order chi connectivity index (χ0) is 12.0. The molecule has 4 nitrogen and oxygen atoms in total. The van der Waals surface area contributed by atoms with Gasteiger partial charge in [-0.1, -0.05) is 0 Å². The van der Waals surface area contributed by atoms with Crippen molar-refractivity contribution in [2.45, 2.75) is 12.3 Å². The largest absolute Gasteiger partial charge is 0.493 e. The molecular weight excluding hydrogens is 237 g/mol. The maximum absolute atomic E-state index is 11.9. The van der Waals surface area contributed by atoms with Gasteiger partial charge < -0.3 is 4.74 Å². The Morgan fingerprint density at radius 3 is 2.81 bits per heavy atom.